The second kappa shape index (κ2) is 5.67. The summed E-state index contributed by atoms with van der Waals surface area (Å²) in [7, 11) is 0. The van der Waals surface area contributed by atoms with Gasteiger partial charge < -0.3 is 4.90 Å². The fourth-order valence-electron chi connectivity index (χ4n) is 2.67. The van der Waals surface area contributed by atoms with E-state index in [1.165, 1.54) is 38.4 Å². The van der Waals surface area contributed by atoms with E-state index in [4.69, 9.17) is 0 Å². The fourth-order valence-corrected chi connectivity index (χ4v) is 2.67. The van der Waals surface area contributed by atoms with Crippen molar-refractivity contribution in [2.75, 3.05) is 32.7 Å². The van der Waals surface area contributed by atoms with Gasteiger partial charge in [-0.3, -0.25) is 9.89 Å². The molecule has 0 saturated carbocycles. The maximum Gasteiger partial charge on any atom is 0.0525 e. The highest BCUT2D eigenvalue weighted by Crippen LogP contribution is 2.18. The van der Waals surface area contributed by atoms with Gasteiger partial charge in [-0.15, -0.1) is 0 Å². The zero-order valence-corrected chi connectivity index (χ0v) is 11.4. The van der Waals surface area contributed by atoms with Crippen molar-refractivity contribution in [2.24, 2.45) is 10.9 Å². The zero-order chi connectivity index (χ0) is 12.3. The number of hydrogen-bond acceptors (Lipinski definition) is 3. The molecule has 0 aromatic carbocycles. The lowest BCUT2D eigenvalue weighted by Gasteiger charge is -2.38. The van der Waals surface area contributed by atoms with E-state index < -0.39 is 0 Å². The number of hydrogen-bond donors (Lipinski definition) is 0. The van der Waals surface area contributed by atoms with Gasteiger partial charge in [0.2, 0.25) is 0 Å². The van der Waals surface area contributed by atoms with Crippen LogP contribution in [0.1, 0.15) is 27.2 Å². The number of rotatable bonds is 3. The molecule has 2 rings (SSSR count). The number of allylic oxidation sites excluding steroid dienone is 1. The Morgan fingerprint density at radius 3 is 2.59 bits per heavy atom. The molecule has 0 aromatic heterocycles. The Bertz CT molecular complexity index is 299. The lowest BCUT2D eigenvalue weighted by molar-refractivity contribution is 0.142. The highest BCUT2D eigenvalue weighted by molar-refractivity contribution is 5.73. The normalized spacial score (nSPS) is 26.5. The van der Waals surface area contributed by atoms with Crippen LogP contribution in [0, 0.1) is 5.92 Å². The third-order valence-electron chi connectivity index (χ3n) is 3.51. The largest absolute Gasteiger partial charge is 0.372 e. The van der Waals surface area contributed by atoms with Crippen LogP contribution in [0.3, 0.4) is 0 Å². The molecule has 1 unspecified atom stereocenters. The third-order valence-corrected chi connectivity index (χ3v) is 3.51. The molecule has 1 fully saturated rings. The molecule has 2 heterocycles. The maximum atomic E-state index is 4.39. The molecular formula is C14H25N3. The fraction of sp³-hybridized carbons (Fsp3) is 0.786. The number of aliphatic imine (C=N–C) groups is 1. The molecule has 0 spiro atoms. The highest BCUT2D eigenvalue weighted by atomic mass is 15.3. The van der Waals surface area contributed by atoms with Crippen molar-refractivity contribution in [2.45, 2.75) is 33.2 Å². The summed E-state index contributed by atoms with van der Waals surface area (Å²) in [5.74, 6) is 0.780. The molecule has 96 valence electrons. The van der Waals surface area contributed by atoms with E-state index in [0.717, 1.165) is 12.3 Å². The number of piperazine rings is 1. The lowest BCUT2D eigenvalue weighted by Crippen LogP contribution is -2.47. The summed E-state index contributed by atoms with van der Waals surface area (Å²) in [6.45, 7) is 12.8. The van der Waals surface area contributed by atoms with Crippen LogP contribution in [-0.2, 0) is 0 Å². The van der Waals surface area contributed by atoms with Crippen molar-refractivity contribution in [3.63, 3.8) is 0 Å². The number of dihydropyridines is 1. The van der Waals surface area contributed by atoms with Gasteiger partial charge in [-0.25, -0.2) is 0 Å². The van der Waals surface area contributed by atoms with Gasteiger partial charge in [-0.1, -0.05) is 13.8 Å². The summed E-state index contributed by atoms with van der Waals surface area (Å²) >= 11 is 0. The molecule has 0 amide bonds. The van der Waals surface area contributed by atoms with E-state index in [1.807, 2.05) is 6.21 Å². The Hall–Kier alpha value is -0.830. The molecular weight excluding hydrogens is 210 g/mol. The van der Waals surface area contributed by atoms with E-state index in [1.54, 1.807) is 0 Å². The molecule has 1 atom stereocenters. The van der Waals surface area contributed by atoms with Gasteiger partial charge in [0.1, 0.15) is 0 Å². The van der Waals surface area contributed by atoms with E-state index >= 15 is 0 Å². The van der Waals surface area contributed by atoms with Crippen LogP contribution in [0.15, 0.2) is 16.8 Å². The first kappa shape index (κ1) is 12.6. The molecule has 17 heavy (non-hydrogen) atoms. The van der Waals surface area contributed by atoms with Crippen LogP contribution >= 0.6 is 0 Å². The van der Waals surface area contributed by atoms with Gasteiger partial charge in [-0.05, 0) is 18.9 Å². The predicted molar refractivity (Wildman–Crippen MR) is 73.5 cm³/mol. The maximum absolute atomic E-state index is 4.39. The molecule has 0 aromatic rings. The molecule has 3 heteroatoms. The molecule has 2 aliphatic rings. The summed E-state index contributed by atoms with van der Waals surface area (Å²) in [6.07, 6.45) is 5.28. The summed E-state index contributed by atoms with van der Waals surface area (Å²) < 4.78 is 0. The molecule has 0 N–H and O–H groups in total. The quantitative estimate of drug-likeness (QED) is 0.745. The summed E-state index contributed by atoms with van der Waals surface area (Å²) in [5, 5.41) is 0. The van der Waals surface area contributed by atoms with E-state index in [0.29, 0.717) is 6.04 Å². The predicted octanol–water partition coefficient (Wildman–Crippen LogP) is 2.01. The van der Waals surface area contributed by atoms with Crippen LogP contribution < -0.4 is 0 Å². The molecule has 0 aliphatic carbocycles. The lowest BCUT2D eigenvalue weighted by atomic mass is 10.1. The van der Waals surface area contributed by atoms with E-state index in [2.05, 4.69) is 41.6 Å². The minimum atomic E-state index is 0.462. The summed E-state index contributed by atoms with van der Waals surface area (Å²) in [5.41, 5.74) is 1.48. The Morgan fingerprint density at radius 1 is 1.29 bits per heavy atom. The Labute approximate surface area is 105 Å². The first-order valence-electron chi connectivity index (χ1n) is 6.85. The van der Waals surface area contributed by atoms with Crippen LogP contribution in [0.5, 0.6) is 0 Å². The van der Waals surface area contributed by atoms with Crippen LogP contribution in [0.2, 0.25) is 0 Å². The smallest absolute Gasteiger partial charge is 0.0525 e. The van der Waals surface area contributed by atoms with Crippen LogP contribution in [-0.4, -0.2) is 54.8 Å². The second-order valence-electron chi connectivity index (χ2n) is 5.69. The van der Waals surface area contributed by atoms with Crippen LogP contribution in [0.4, 0.5) is 0 Å². The van der Waals surface area contributed by atoms with E-state index in [-0.39, 0.29) is 0 Å². The summed E-state index contributed by atoms with van der Waals surface area (Å²) in [4.78, 5) is 9.52. The highest BCUT2D eigenvalue weighted by Gasteiger charge is 2.20. The van der Waals surface area contributed by atoms with Gasteiger partial charge in [0.15, 0.2) is 0 Å². The summed E-state index contributed by atoms with van der Waals surface area (Å²) in [6, 6.07) is 0.462. The van der Waals surface area contributed by atoms with Gasteiger partial charge in [0, 0.05) is 51.1 Å². The first-order valence-corrected chi connectivity index (χ1v) is 6.85. The molecule has 3 nitrogen and oxygen atoms in total. The van der Waals surface area contributed by atoms with Crippen molar-refractivity contribution in [3.05, 3.63) is 11.8 Å². The third kappa shape index (κ3) is 3.56. The molecule has 0 bridgehead atoms. The van der Waals surface area contributed by atoms with Crippen molar-refractivity contribution in [1.82, 2.24) is 9.80 Å². The minimum Gasteiger partial charge on any atom is -0.372 e. The Balaban J connectivity index is 1.83. The SMILES string of the molecule is CC(C)CN1CCN(C2=CC=NC(C)C2)CC1. The Kier molecular flexibility index (Phi) is 4.21. The van der Waals surface area contributed by atoms with E-state index in [9.17, 15) is 0 Å². The van der Waals surface area contributed by atoms with Gasteiger partial charge in [0.25, 0.3) is 0 Å². The van der Waals surface area contributed by atoms with Gasteiger partial charge in [-0.2, -0.15) is 0 Å². The van der Waals surface area contributed by atoms with Crippen molar-refractivity contribution in [1.29, 1.82) is 0 Å². The molecule has 2 aliphatic heterocycles. The monoisotopic (exact) mass is 235 g/mol. The van der Waals surface area contributed by atoms with Gasteiger partial charge in [0.05, 0.1) is 6.04 Å². The van der Waals surface area contributed by atoms with Crippen molar-refractivity contribution >= 4 is 6.21 Å². The average Bonchev–Trinajstić information content (AvgIpc) is 2.29. The van der Waals surface area contributed by atoms with Crippen LogP contribution in [0.25, 0.3) is 0 Å². The second-order valence-corrected chi connectivity index (χ2v) is 5.69. The zero-order valence-electron chi connectivity index (χ0n) is 11.4. The topological polar surface area (TPSA) is 18.8 Å². The molecule has 1 saturated heterocycles. The van der Waals surface area contributed by atoms with Crippen molar-refractivity contribution < 1.29 is 0 Å². The Morgan fingerprint density at radius 2 is 2.00 bits per heavy atom. The first-order chi connectivity index (χ1) is 8.15. The number of nitrogens with zero attached hydrogens (tertiary/aromatic N) is 3. The average molecular weight is 235 g/mol. The van der Waals surface area contributed by atoms with Crippen molar-refractivity contribution in [3.8, 4) is 0 Å². The molecule has 0 radical (unpaired) electrons. The van der Waals surface area contributed by atoms with Gasteiger partial charge >= 0.3 is 0 Å². The minimum absolute atomic E-state index is 0.462. The standard InChI is InChI=1S/C14H25N3/c1-12(2)11-16-6-8-17(9-7-16)14-4-5-15-13(3)10-14/h4-5,12-13H,6-11H2,1-3H3.